The number of aryl methyl sites for hydroxylation is 1. The van der Waals surface area contributed by atoms with E-state index in [-0.39, 0.29) is 11.5 Å². The van der Waals surface area contributed by atoms with Gasteiger partial charge < -0.3 is 14.2 Å². The van der Waals surface area contributed by atoms with E-state index in [2.05, 4.69) is 6.07 Å². The highest BCUT2D eigenvalue weighted by Gasteiger charge is 2.22. The second-order valence-corrected chi connectivity index (χ2v) is 6.56. The highest BCUT2D eigenvalue weighted by atomic mass is 16.5. The van der Waals surface area contributed by atoms with Crippen LogP contribution in [-0.2, 0) is 37.6 Å². The van der Waals surface area contributed by atoms with Gasteiger partial charge in [-0.05, 0) is 34.7 Å². The Balaban J connectivity index is 1.49. The smallest absolute Gasteiger partial charge is 0.250 e. The van der Waals surface area contributed by atoms with Gasteiger partial charge in [0.05, 0.1) is 13.0 Å². The fourth-order valence-corrected chi connectivity index (χ4v) is 3.49. The second kappa shape index (κ2) is 5.82. The average Bonchev–Trinajstić information content (AvgIpc) is 3.03. The Morgan fingerprint density at radius 1 is 1.17 bits per heavy atom. The normalized spacial score (nSPS) is 15.6. The number of nitrogens with zero attached hydrogens (tertiary/aromatic N) is 2. The van der Waals surface area contributed by atoms with Gasteiger partial charge in [-0.25, -0.2) is 0 Å². The number of hydrogen-bond donors (Lipinski definition) is 0. The maximum atomic E-state index is 12.7. The standard InChI is InChI=1S/C19H20N2O3/c1-20-11-16-12-21(6-4-14(16)10-18(20)22)19(23)9-13-2-3-17-15(8-13)5-7-24-17/h2-3,8,10-11H,4-7,9,12H2,1H3. The van der Waals surface area contributed by atoms with Crippen molar-refractivity contribution >= 4 is 5.91 Å². The van der Waals surface area contributed by atoms with Crippen LogP contribution < -0.4 is 10.3 Å². The molecule has 0 N–H and O–H groups in total. The maximum Gasteiger partial charge on any atom is 0.250 e. The monoisotopic (exact) mass is 324 g/mol. The maximum absolute atomic E-state index is 12.7. The summed E-state index contributed by atoms with van der Waals surface area (Å²) in [6.07, 6.45) is 3.93. The summed E-state index contributed by atoms with van der Waals surface area (Å²) in [5, 5.41) is 0. The molecule has 24 heavy (non-hydrogen) atoms. The Kier molecular flexibility index (Phi) is 3.63. The lowest BCUT2D eigenvalue weighted by molar-refractivity contribution is -0.131. The number of pyridine rings is 1. The number of hydrogen-bond acceptors (Lipinski definition) is 3. The van der Waals surface area contributed by atoms with E-state index >= 15 is 0 Å². The van der Waals surface area contributed by atoms with E-state index in [1.165, 1.54) is 5.56 Å². The van der Waals surface area contributed by atoms with E-state index in [1.54, 1.807) is 17.7 Å². The molecule has 0 saturated heterocycles. The molecule has 2 aliphatic heterocycles. The Morgan fingerprint density at radius 2 is 2.04 bits per heavy atom. The molecular formula is C19H20N2O3. The molecule has 1 aromatic heterocycles. The molecule has 0 saturated carbocycles. The van der Waals surface area contributed by atoms with Crippen molar-refractivity contribution in [3.05, 3.63) is 63.1 Å². The summed E-state index contributed by atoms with van der Waals surface area (Å²) >= 11 is 0. The van der Waals surface area contributed by atoms with Gasteiger partial charge in [0.25, 0.3) is 5.56 Å². The van der Waals surface area contributed by atoms with E-state index in [1.807, 2.05) is 23.2 Å². The van der Waals surface area contributed by atoms with Crippen molar-refractivity contribution in [2.75, 3.05) is 13.2 Å². The van der Waals surface area contributed by atoms with Crippen LogP contribution in [0.15, 0.2) is 35.3 Å². The predicted molar refractivity (Wildman–Crippen MR) is 90.1 cm³/mol. The van der Waals surface area contributed by atoms with E-state index in [0.29, 0.717) is 19.5 Å². The van der Waals surface area contributed by atoms with Crippen LogP contribution in [0.4, 0.5) is 0 Å². The molecule has 0 atom stereocenters. The molecule has 3 heterocycles. The number of benzene rings is 1. The number of carbonyl (C=O) groups is 1. The van der Waals surface area contributed by atoms with Crippen molar-refractivity contribution in [1.82, 2.24) is 9.47 Å². The van der Waals surface area contributed by atoms with Gasteiger partial charge in [0.2, 0.25) is 5.91 Å². The zero-order chi connectivity index (χ0) is 16.7. The van der Waals surface area contributed by atoms with Gasteiger partial charge in [0.15, 0.2) is 0 Å². The van der Waals surface area contributed by atoms with Crippen LogP contribution in [0, 0.1) is 0 Å². The highest BCUT2D eigenvalue weighted by Crippen LogP contribution is 2.26. The first-order chi connectivity index (χ1) is 11.6. The van der Waals surface area contributed by atoms with Crippen molar-refractivity contribution in [2.45, 2.75) is 25.8 Å². The molecule has 4 rings (SSSR count). The first-order valence-electron chi connectivity index (χ1n) is 8.31. The fraction of sp³-hybridized carbons (Fsp3) is 0.368. The van der Waals surface area contributed by atoms with E-state index in [0.717, 1.165) is 41.9 Å². The van der Waals surface area contributed by atoms with Gasteiger partial charge in [-0.15, -0.1) is 0 Å². The zero-order valence-electron chi connectivity index (χ0n) is 13.7. The predicted octanol–water partition coefficient (Wildman–Crippen LogP) is 1.45. The van der Waals surface area contributed by atoms with Crippen LogP contribution in [0.2, 0.25) is 0 Å². The van der Waals surface area contributed by atoms with Gasteiger partial charge in [-0.1, -0.05) is 12.1 Å². The SMILES string of the molecule is Cn1cc2c(cc1=O)CCN(C(=O)Cc1ccc3c(c1)CCO3)C2. The highest BCUT2D eigenvalue weighted by molar-refractivity contribution is 5.79. The van der Waals surface area contributed by atoms with E-state index in [9.17, 15) is 9.59 Å². The number of aromatic nitrogens is 1. The van der Waals surface area contributed by atoms with E-state index < -0.39 is 0 Å². The zero-order valence-corrected chi connectivity index (χ0v) is 13.7. The third-order valence-electron chi connectivity index (χ3n) is 4.88. The van der Waals surface area contributed by atoms with Crippen LogP contribution in [0.5, 0.6) is 5.75 Å². The third-order valence-corrected chi connectivity index (χ3v) is 4.88. The summed E-state index contributed by atoms with van der Waals surface area (Å²) in [6, 6.07) is 7.72. The molecule has 5 nitrogen and oxygen atoms in total. The van der Waals surface area contributed by atoms with Crippen LogP contribution in [0.25, 0.3) is 0 Å². The lowest BCUT2D eigenvalue weighted by atomic mass is 10.0. The minimum absolute atomic E-state index is 0.00823. The summed E-state index contributed by atoms with van der Waals surface area (Å²) in [5.74, 6) is 1.08. The summed E-state index contributed by atoms with van der Waals surface area (Å²) in [5.41, 5.74) is 4.37. The summed E-state index contributed by atoms with van der Waals surface area (Å²) < 4.78 is 7.09. The quantitative estimate of drug-likeness (QED) is 0.840. The minimum Gasteiger partial charge on any atom is -0.493 e. The Labute approximate surface area is 140 Å². The molecule has 0 fully saturated rings. The van der Waals surface area contributed by atoms with Crippen molar-refractivity contribution in [3.63, 3.8) is 0 Å². The van der Waals surface area contributed by atoms with Crippen LogP contribution >= 0.6 is 0 Å². The number of fused-ring (bicyclic) bond motifs is 2. The molecule has 1 amide bonds. The number of amides is 1. The number of rotatable bonds is 2. The molecule has 0 spiro atoms. The topological polar surface area (TPSA) is 51.5 Å². The van der Waals surface area contributed by atoms with Crippen molar-refractivity contribution in [1.29, 1.82) is 0 Å². The van der Waals surface area contributed by atoms with Crippen LogP contribution in [0.1, 0.15) is 22.3 Å². The molecule has 5 heteroatoms. The first-order valence-corrected chi connectivity index (χ1v) is 8.31. The Hall–Kier alpha value is -2.56. The second-order valence-electron chi connectivity index (χ2n) is 6.56. The average molecular weight is 324 g/mol. The van der Waals surface area contributed by atoms with Crippen molar-refractivity contribution < 1.29 is 9.53 Å². The Morgan fingerprint density at radius 3 is 2.92 bits per heavy atom. The van der Waals surface area contributed by atoms with Crippen LogP contribution in [0.3, 0.4) is 0 Å². The van der Waals surface area contributed by atoms with Gasteiger partial charge in [-0.2, -0.15) is 0 Å². The number of ether oxygens (including phenoxy) is 1. The van der Waals surface area contributed by atoms with Crippen molar-refractivity contribution in [2.24, 2.45) is 7.05 Å². The Bertz CT molecular complexity index is 869. The fourth-order valence-electron chi connectivity index (χ4n) is 3.49. The molecule has 124 valence electrons. The summed E-state index contributed by atoms with van der Waals surface area (Å²) in [7, 11) is 1.75. The van der Waals surface area contributed by atoms with Gasteiger partial charge in [-0.3, -0.25) is 9.59 Å². The largest absolute Gasteiger partial charge is 0.493 e. The molecule has 0 bridgehead atoms. The lowest BCUT2D eigenvalue weighted by Gasteiger charge is -2.29. The third kappa shape index (κ3) is 2.70. The first kappa shape index (κ1) is 15.0. The molecule has 0 unspecified atom stereocenters. The molecule has 1 aromatic carbocycles. The van der Waals surface area contributed by atoms with Crippen LogP contribution in [-0.4, -0.2) is 28.5 Å². The molecule has 0 aliphatic carbocycles. The van der Waals surface area contributed by atoms with Gasteiger partial charge in [0.1, 0.15) is 5.75 Å². The minimum atomic E-state index is 0.00823. The molecule has 2 aliphatic rings. The van der Waals surface area contributed by atoms with Gasteiger partial charge in [0, 0.05) is 38.8 Å². The number of carbonyl (C=O) groups excluding carboxylic acids is 1. The molecule has 2 aromatic rings. The molecular weight excluding hydrogens is 304 g/mol. The van der Waals surface area contributed by atoms with E-state index in [4.69, 9.17) is 4.74 Å². The van der Waals surface area contributed by atoms with Gasteiger partial charge >= 0.3 is 0 Å². The van der Waals surface area contributed by atoms with Crippen molar-refractivity contribution in [3.8, 4) is 5.75 Å². The molecule has 0 radical (unpaired) electrons. The summed E-state index contributed by atoms with van der Waals surface area (Å²) in [6.45, 7) is 1.98. The summed E-state index contributed by atoms with van der Waals surface area (Å²) in [4.78, 5) is 26.3. The lowest BCUT2D eigenvalue weighted by Crippen LogP contribution is -2.38.